The molecule has 1 saturated carbocycles. The third kappa shape index (κ3) is 7.51. The lowest BCUT2D eigenvalue weighted by atomic mass is 9.71. The summed E-state index contributed by atoms with van der Waals surface area (Å²) < 4.78 is 79.8. The molecule has 1 spiro atoms. The fraction of sp³-hybridized carbons (Fsp3) is 0.529. The second-order valence-electron chi connectivity index (χ2n) is 12.9. The number of benzene rings is 2. The molecule has 0 bridgehead atoms. The molecule has 6 rings (SSSR count). The van der Waals surface area contributed by atoms with E-state index < -0.39 is 22.7 Å². The quantitative estimate of drug-likeness (QED) is 0.261. The molecular formula is C34H42F3N5O4S. The monoisotopic (exact) mass is 673 g/mol. The van der Waals surface area contributed by atoms with Crippen molar-refractivity contribution in [2.24, 2.45) is 5.41 Å². The summed E-state index contributed by atoms with van der Waals surface area (Å²) in [6.45, 7) is 3.05. The SMILES string of the molecule is CNS(=O)(=O)c1ccc(NCC#Cc2cc3c(N[C@H]4CC[C@@H](N5CC6(CCOCC6)C5)CC4)cccc3n2CC(F)(F)F)c(OC)c1. The van der Waals surface area contributed by atoms with Crippen LogP contribution in [0.1, 0.15) is 44.2 Å². The Kier molecular flexibility index (Phi) is 9.67. The standard InChI is InChI=1S/C34H42F3N5O4S/c1-38-47(43,44)27-12-13-30(32(20-27)45-2)39-16-4-5-26-19-28-29(6-3-7-31(28)42(26)23-34(35,36)37)40-24-8-10-25(11-9-24)41-21-33(22-41)14-17-46-18-15-33/h3,6-7,12-13,19-20,24-25,38-40H,8-11,14-18,21-23H2,1-2H3/t24-,25+. The summed E-state index contributed by atoms with van der Waals surface area (Å²) in [5, 5.41) is 7.43. The number of hydrogen-bond acceptors (Lipinski definition) is 7. The maximum absolute atomic E-state index is 13.7. The van der Waals surface area contributed by atoms with E-state index in [0.29, 0.717) is 33.8 Å². The van der Waals surface area contributed by atoms with Gasteiger partial charge < -0.3 is 24.7 Å². The Morgan fingerprint density at radius 1 is 1.04 bits per heavy atom. The van der Waals surface area contributed by atoms with Gasteiger partial charge in [-0.25, -0.2) is 13.1 Å². The van der Waals surface area contributed by atoms with Crippen LogP contribution in [-0.4, -0.2) is 83.2 Å². The Morgan fingerprint density at radius 2 is 1.79 bits per heavy atom. The fourth-order valence-electron chi connectivity index (χ4n) is 7.24. The Balaban J connectivity index is 1.14. The number of ether oxygens (including phenoxy) is 2. The van der Waals surface area contributed by atoms with Crippen LogP contribution in [0.15, 0.2) is 47.4 Å². The molecule has 3 N–H and O–H groups in total. The van der Waals surface area contributed by atoms with E-state index in [4.69, 9.17) is 9.47 Å². The van der Waals surface area contributed by atoms with E-state index in [-0.39, 0.29) is 23.2 Å². The molecule has 0 unspecified atom stereocenters. The van der Waals surface area contributed by atoms with E-state index in [1.807, 2.05) is 6.07 Å². The summed E-state index contributed by atoms with van der Waals surface area (Å²) in [6, 6.07) is 12.4. The lowest BCUT2D eigenvalue weighted by molar-refractivity contribution is -0.140. The van der Waals surface area contributed by atoms with Crippen molar-refractivity contribution in [1.82, 2.24) is 14.2 Å². The molecule has 3 aliphatic rings. The number of hydrogen-bond donors (Lipinski definition) is 3. The zero-order chi connectivity index (χ0) is 33.2. The van der Waals surface area contributed by atoms with Crippen LogP contribution in [0, 0.1) is 17.3 Å². The van der Waals surface area contributed by atoms with Gasteiger partial charge in [0, 0.05) is 60.9 Å². The third-order valence-electron chi connectivity index (χ3n) is 9.82. The van der Waals surface area contributed by atoms with Crippen LogP contribution in [0.5, 0.6) is 5.75 Å². The first kappa shape index (κ1) is 33.5. The minimum absolute atomic E-state index is 0.0437. The summed E-state index contributed by atoms with van der Waals surface area (Å²) in [7, 11) is -0.914. The molecule has 0 radical (unpaired) electrons. The number of methoxy groups -OCH3 is 1. The van der Waals surface area contributed by atoms with Crippen LogP contribution in [-0.2, 0) is 21.3 Å². The smallest absolute Gasteiger partial charge is 0.406 e. The average Bonchev–Trinajstić information content (AvgIpc) is 3.39. The Bertz CT molecular complexity index is 1740. The number of anilines is 2. The molecule has 13 heteroatoms. The van der Waals surface area contributed by atoms with Crippen LogP contribution in [0.4, 0.5) is 24.5 Å². The maximum atomic E-state index is 13.7. The van der Waals surface area contributed by atoms with Gasteiger partial charge in [0.05, 0.1) is 35.4 Å². The molecule has 3 heterocycles. The summed E-state index contributed by atoms with van der Waals surface area (Å²) in [4.78, 5) is 2.68. The van der Waals surface area contributed by atoms with Crippen LogP contribution in [0.3, 0.4) is 0 Å². The molecule has 0 atom stereocenters. The van der Waals surface area contributed by atoms with Crippen LogP contribution in [0.2, 0.25) is 0 Å². The van der Waals surface area contributed by atoms with Crippen LogP contribution < -0.4 is 20.1 Å². The molecule has 2 aromatic carbocycles. The van der Waals surface area contributed by atoms with Crippen molar-refractivity contribution in [3.8, 4) is 17.6 Å². The van der Waals surface area contributed by atoms with Gasteiger partial charge in [-0.2, -0.15) is 13.2 Å². The van der Waals surface area contributed by atoms with Crippen molar-refractivity contribution in [3.63, 3.8) is 0 Å². The van der Waals surface area contributed by atoms with E-state index in [0.717, 1.165) is 57.4 Å². The molecule has 9 nitrogen and oxygen atoms in total. The molecule has 3 fully saturated rings. The van der Waals surface area contributed by atoms with Gasteiger partial charge >= 0.3 is 6.18 Å². The topological polar surface area (TPSA) is 96.9 Å². The lowest BCUT2D eigenvalue weighted by Gasteiger charge is -2.56. The molecule has 0 amide bonds. The molecule has 2 aliphatic heterocycles. The predicted molar refractivity (Wildman–Crippen MR) is 176 cm³/mol. The van der Waals surface area contributed by atoms with Gasteiger partial charge in [-0.05, 0) is 81.8 Å². The molecule has 47 heavy (non-hydrogen) atoms. The van der Waals surface area contributed by atoms with Gasteiger partial charge in [0.1, 0.15) is 12.3 Å². The van der Waals surface area contributed by atoms with Crippen molar-refractivity contribution in [2.45, 2.75) is 68.2 Å². The number of nitrogens with zero attached hydrogens (tertiary/aromatic N) is 2. The molecule has 1 aromatic heterocycles. The Hall–Kier alpha value is -3.44. The first-order chi connectivity index (χ1) is 22.5. The predicted octanol–water partition coefficient (Wildman–Crippen LogP) is 5.42. The normalized spacial score (nSPS) is 21.6. The summed E-state index contributed by atoms with van der Waals surface area (Å²) in [5.41, 5.74) is 2.52. The molecule has 254 valence electrons. The number of nitrogens with one attached hydrogen (secondary N) is 3. The van der Waals surface area contributed by atoms with Crippen molar-refractivity contribution in [1.29, 1.82) is 0 Å². The Morgan fingerprint density at radius 3 is 2.47 bits per heavy atom. The summed E-state index contributed by atoms with van der Waals surface area (Å²) in [6.07, 6.45) is 2.15. The van der Waals surface area contributed by atoms with Crippen LogP contribution in [0.25, 0.3) is 10.9 Å². The number of rotatable bonds is 9. The zero-order valence-electron chi connectivity index (χ0n) is 26.8. The van der Waals surface area contributed by atoms with Crippen molar-refractivity contribution < 1.29 is 31.1 Å². The van der Waals surface area contributed by atoms with Crippen molar-refractivity contribution in [2.75, 3.05) is 57.6 Å². The second-order valence-corrected chi connectivity index (χ2v) is 14.7. The number of sulfonamides is 1. The first-order valence-electron chi connectivity index (χ1n) is 16.1. The number of fused-ring (bicyclic) bond motifs is 1. The fourth-order valence-corrected chi connectivity index (χ4v) is 7.98. The van der Waals surface area contributed by atoms with Gasteiger partial charge in [0.15, 0.2) is 0 Å². The van der Waals surface area contributed by atoms with Gasteiger partial charge in [0.25, 0.3) is 0 Å². The lowest BCUT2D eigenvalue weighted by Crippen LogP contribution is -2.62. The van der Waals surface area contributed by atoms with Crippen LogP contribution >= 0.6 is 0 Å². The van der Waals surface area contributed by atoms with E-state index in [9.17, 15) is 21.6 Å². The number of likely N-dealkylation sites (tertiary alicyclic amines) is 1. The van der Waals surface area contributed by atoms with Gasteiger partial charge in [-0.1, -0.05) is 12.0 Å². The van der Waals surface area contributed by atoms with E-state index in [1.165, 1.54) is 43.9 Å². The van der Waals surface area contributed by atoms with Crippen molar-refractivity contribution in [3.05, 3.63) is 48.2 Å². The van der Waals surface area contributed by atoms with E-state index in [1.54, 1.807) is 24.3 Å². The maximum Gasteiger partial charge on any atom is 0.406 e. The van der Waals surface area contributed by atoms with Gasteiger partial charge in [0.2, 0.25) is 10.0 Å². The van der Waals surface area contributed by atoms with E-state index >= 15 is 0 Å². The zero-order valence-corrected chi connectivity index (χ0v) is 27.6. The number of aromatic nitrogens is 1. The highest BCUT2D eigenvalue weighted by molar-refractivity contribution is 7.89. The van der Waals surface area contributed by atoms with Gasteiger partial charge in [-0.3, -0.25) is 4.90 Å². The average molecular weight is 674 g/mol. The van der Waals surface area contributed by atoms with E-state index in [2.05, 4.69) is 32.1 Å². The third-order valence-corrected chi connectivity index (χ3v) is 11.2. The highest BCUT2D eigenvalue weighted by atomic mass is 32.2. The highest BCUT2D eigenvalue weighted by Gasteiger charge is 2.46. The highest BCUT2D eigenvalue weighted by Crippen LogP contribution is 2.43. The molecule has 1 aliphatic carbocycles. The number of halogens is 3. The second kappa shape index (κ2) is 13.6. The summed E-state index contributed by atoms with van der Waals surface area (Å²) >= 11 is 0. The largest absolute Gasteiger partial charge is 0.495 e. The molecular weight excluding hydrogens is 631 g/mol. The van der Waals surface area contributed by atoms with Crippen molar-refractivity contribution >= 4 is 32.3 Å². The minimum Gasteiger partial charge on any atom is -0.495 e. The van der Waals surface area contributed by atoms with Gasteiger partial charge in [-0.15, -0.1) is 0 Å². The minimum atomic E-state index is -4.43. The summed E-state index contributed by atoms with van der Waals surface area (Å²) in [5.74, 6) is 6.15. The molecule has 2 saturated heterocycles. The Labute approximate surface area is 274 Å². The number of alkyl halides is 3. The molecule has 3 aromatic rings. The first-order valence-corrected chi connectivity index (χ1v) is 17.6.